The lowest BCUT2D eigenvalue weighted by Gasteiger charge is -2.10. The molecule has 0 aromatic heterocycles. The molecule has 0 saturated carbocycles. The molecule has 0 saturated heterocycles. The summed E-state index contributed by atoms with van der Waals surface area (Å²) in [5.74, 6) is 0.331. The fourth-order valence-corrected chi connectivity index (χ4v) is 3.84. The van der Waals surface area contributed by atoms with Gasteiger partial charge in [-0.05, 0) is 24.5 Å². The van der Waals surface area contributed by atoms with Gasteiger partial charge in [0.05, 0.1) is 10.6 Å². The number of hydrogen-bond donors (Lipinski definition) is 0. The van der Waals surface area contributed by atoms with Gasteiger partial charge >= 0.3 is 0 Å². The van der Waals surface area contributed by atoms with Crippen molar-refractivity contribution in [3.05, 3.63) is 29.8 Å². The maximum absolute atomic E-state index is 12.0. The van der Waals surface area contributed by atoms with Gasteiger partial charge in [-0.25, -0.2) is 8.42 Å². The summed E-state index contributed by atoms with van der Waals surface area (Å²) in [6.07, 6.45) is 0. The Bertz CT molecular complexity index is 426. The van der Waals surface area contributed by atoms with Crippen LogP contribution in [0.25, 0.3) is 0 Å². The number of benzene rings is 1. The Kier molecular flexibility index (Phi) is 4.34. The molecule has 0 amide bonds. The van der Waals surface area contributed by atoms with E-state index in [0.717, 1.165) is 5.56 Å². The van der Waals surface area contributed by atoms with E-state index in [9.17, 15) is 8.42 Å². The minimum Gasteiger partial charge on any atom is -0.224 e. The summed E-state index contributed by atoms with van der Waals surface area (Å²) in [7, 11) is -3.13. The van der Waals surface area contributed by atoms with E-state index in [1.54, 1.807) is 12.1 Å². The van der Waals surface area contributed by atoms with Crippen LogP contribution in [0.2, 0.25) is 0 Å². The molecule has 0 spiro atoms. The first-order valence-corrected chi connectivity index (χ1v) is 7.59. The van der Waals surface area contributed by atoms with Crippen LogP contribution >= 0.6 is 15.9 Å². The van der Waals surface area contributed by atoms with Crippen molar-refractivity contribution in [3.8, 4) is 0 Å². The fraction of sp³-hybridized carbons (Fsp3) is 0.455. The van der Waals surface area contributed by atoms with Crippen molar-refractivity contribution in [2.45, 2.75) is 18.7 Å². The zero-order valence-electron chi connectivity index (χ0n) is 8.90. The molecular formula is C11H15BrO2S. The lowest BCUT2D eigenvalue weighted by molar-refractivity contribution is 0.583. The summed E-state index contributed by atoms with van der Waals surface area (Å²) in [4.78, 5) is 0.456. The third-order valence-corrected chi connectivity index (χ3v) is 5.44. The van der Waals surface area contributed by atoms with Crippen LogP contribution in [0.15, 0.2) is 29.2 Å². The molecule has 15 heavy (non-hydrogen) atoms. The third kappa shape index (κ3) is 3.31. The Morgan fingerprint density at radius 2 is 1.93 bits per heavy atom. The smallest absolute Gasteiger partial charge is 0.178 e. The van der Waals surface area contributed by atoms with Gasteiger partial charge in [-0.2, -0.15) is 0 Å². The van der Waals surface area contributed by atoms with E-state index in [1.807, 2.05) is 26.0 Å². The highest BCUT2D eigenvalue weighted by molar-refractivity contribution is 9.09. The summed E-state index contributed by atoms with van der Waals surface area (Å²) >= 11 is 3.29. The number of rotatable bonds is 4. The average Bonchev–Trinajstić information content (AvgIpc) is 2.17. The number of aryl methyl sites for hydroxylation is 1. The van der Waals surface area contributed by atoms with Gasteiger partial charge in [-0.3, -0.25) is 0 Å². The SMILES string of the molecule is Cc1ccccc1S(=O)(=O)CC(C)CBr. The minimum atomic E-state index is -3.13. The number of hydrogen-bond acceptors (Lipinski definition) is 2. The number of sulfone groups is 1. The van der Waals surface area contributed by atoms with Crippen LogP contribution < -0.4 is 0 Å². The van der Waals surface area contributed by atoms with Crippen molar-refractivity contribution in [3.63, 3.8) is 0 Å². The van der Waals surface area contributed by atoms with Crippen molar-refractivity contribution >= 4 is 25.8 Å². The van der Waals surface area contributed by atoms with Gasteiger partial charge in [-0.1, -0.05) is 41.1 Å². The van der Waals surface area contributed by atoms with Crippen molar-refractivity contribution in [1.29, 1.82) is 0 Å². The Labute approximate surface area is 99.7 Å². The van der Waals surface area contributed by atoms with Crippen molar-refractivity contribution in [1.82, 2.24) is 0 Å². The molecule has 0 radical (unpaired) electrons. The van der Waals surface area contributed by atoms with E-state index in [-0.39, 0.29) is 11.7 Å². The molecule has 1 aromatic carbocycles. The van der Waals surface area contributed by atoms with Gasteiger partial charge in [0.15, 0.2) is 9.84 Å². The van der Waals surface area contributed by atoms with Crippen LogP contribution in [0.3, 0.4) is 0 Å². The van der Waals surface area contributed by atoms with Gasteiger partial charge in [0.25, 0.3) is 0 Å². The van der Waals surface area contributed by atoms with E-state index in [1.165, 1.54) is 0 Å². The van der Waals surface area contributed by atoms with Crippen LogP contribution in [-0.4, -0.2) is 19.5 Å². The van der Waals surface area contributed by atoms with Crippen molar-refractivity contribution in [2.24, 2.45) is 5.92 Å². The monoisotopic (exact) mass is 290 g/mol. The first kappa shape index (κ1) is 12.7. The number of halogens is 1. The molecule has 84 valence electrons. The second-order valence-electron chi connectivity index (χ2n) is 3.81. The molecule has 0 aliphatic rings. The van der Waals surface area contributed by atoms with E-state index < -0.39 is 9.84 Å². The first-order chi connectivity index (χ1) is 6.97. The molecular weight excluding hydrogens is 276 g/mol. The fourth-order valence-electron chi connectivity index (χ4n) is 1.41. The highest BCUT2D eigenvalue weighted by Gasteiger charge is 2.19. The normalized spacial score (nSPS) is 13.8. The summed E-state index contributed by atoms with van der Waals surface area (Å²) < 4.78 is 24.0. The molecule has 4 heteroatoms. The van der Waals surface area contributed by atoms with Gasteiger partial charge in [0.1, 0.15) is 0 Å². The van der Waals surface area contributed by atoms with Gasteiger partial charge < -0.3 is 0 Å². The summed E-state index contributed by atoms with van der Waals surface area (Å²) in [6.45, 7) is 3.75. The molecule has 0 N–H and O–H groups in total. The first-order valence-electron chi connectivity index (χ1n) is 4.81. The highest BCUT2D eigenvalue weighted by Crippen LogP contribution is 2.18. The molecule has 1 atom stereocenters. The average molecular weight is 291 g/mol. The zero-order valence-corrected chi connectivity index (χ0v) is 11.3. The van der Waals surface area contributed by atoms with Crippen LogP contribution in [0.1, 0.15) is 12.5 Å². The van der Waals surface area contributed by atoms with E-state index in [2.05, 4.69) is 15.9 Å². The second-order valence-corrected chi connectivity index (χ2v) is 6.46. The quantitative estimate of drug-likeness (QED) is 0.799. The Morgan fingerprint density at radius 1 is 1.33 bits per heavy atom. The second kappa shape index (κ2) is 5.12. The van der Waals surface area contributed by atoms with Gasteiger partial charge in [-0.15, -0.1) is 0 Å². The number of alkyl halides is 1. The summed E-state index contributed by atoms with van der Waals surface area (Å²) in [6, 6.07) is 7.11. The van der Waals surface area contributed by atoms with Gasteiger partial charge in [0.2, 0.25) is 0 Å². The molecule has 0 aliphatic carbocycles. The summed E-state index contributed by atoms with van der Waals surface area (Å²) in [5.41, 5.74) is 0.819. The minimum absolute atomic E-state index is 0.134. The molecule has 1 unspecified atom stereocenters. The van der Waals surface area contributed by atoms with Crippen molar-refractivity contribution in [2.75, 3.05) is 11.1 Å². The molecule has 1 aromatic rings. The van der Waals surface area contributed by atoms with Crippen molar-refractivity contribution < 1.29 is 8.42 Å². The van der Waals surface area contributed by atoms with E-state index >= 15 is 0 Å². The van der Waals surface area contributed by atoms with Crippen LogP contribution in [0.5, 0.6) is 0 Å². The van der Waals surface area contributed by atoms with Crippen LogP contribution in [0, 0.1) is 12.8 Å². The molecule has 0 aliphatic heterocycles. The van der Waals surface area contributed by atoms with Crippen LogP contribution in [-0.2, 0) is 9.84 Å². The molecule has 2 nitrogen and oxygen atoms in total. The van der Waals surface area contributed by atoms with E-state index in [4.69, 9.17) is 0 Å². The molecule has 1 rings (SSSR count). The highest BCUT2D eigenvalue weighted by atomic mass is 79.9. The maximum atomic E-state index is 12.0. The lowest BCUT2D eigenvalue weighted by Crippen LogP contribution is -2.15. The largest absolute Gasteiger partial charge is 0.224 e. The van der Waals surface area contributed by atoms with Crippen LogP contribution in [0.4, 0.5) is 0 Å². The maximum Gasteiger partial charge on any atom is 0.178 e. The lowest BCUT2D eigenvalue weighted by atomic mass is 10.2. The molecule has 0 bridgehead atoms. The van der Waals surface area contributed by atoms with E-state index in [0.29, 0.717) is 10.2 Å². The standard InChI is InChI=1S/C11H15BrO2S/c1-9(7-12)8-15(13,14)11-6-4-3-5-10(11)2/h3-6,9H,7-8H2,1-2H3. The molecule has 0 heterocycles. The Balaban J connectivity index is 3.02. The predicted octanol–water partition coefficient (Wildman–Crippen LogP) is 2.80. The summed E-state index contributed by atoms with van der Waals surface area (Å²) in [5, 5.41) is 0.706. The molecule has 0 fully saturated rings. The Hall–Kier alpha value is -0.350. The zero-order chi connectivity index (χ0) is 11.5. The predicted molar refractivity (Wildman–Crippen MR) is 66.2 cm³/mol. The Morgan fingerprint density at radius 3 is 2.47 bits per heavy atom. The van der Waals surface area contributed by atoms with Gasteiger partial charge in [0, 0.05) is 5.33 Å². The third-order valence-electron chi connectivity index (χ3n) is 2.20. The topological polar surface area (TPSA) is 34.1 Å².